The highest BCUT2D eigenvalue weighted by Crippen LogP contribution is 2.27. The third-order valence-electron chi connectivity index (χ3n) is 2.98. The van der Waals surface area contributed by atoms with Gasteiger partial charge in [0.2, 0.25) is 5.91 Å². The van der Waals surface area contributed by atoms with E-state index < -0.39 is 0 Å². The van der Waals surface area contributed by atoms with E-state index in [-0.39, 0.29) is 11.9 Å². The Morgan fingerprint density at radius 3 is 2.86 bits per heavy atom. The number of ether oxygens (including phenoxy) is 1. The first-order chi connectivity index (χ1) is 10.1. The van der Waals surface area contributed by atoms with E-state index in [0.717, 1.165) is 20.7 Å². The molecule has 0 saturated carbocycles. The monoisotopic (exact) mass is 365 g/mol. The number of halogens is 1. The number of hydrogen-bond acceptors (Lipinski definition) is 3. The topological polar surface area (TPSA) is 38.3 Å². The molecule has 0 bridgehead atoms. The number of benzene rings is 1. The summed E-state index contributed by atoms with van der Waals surface area (Å²) in [5.41, 5.74) is 1.01. The molecule has 0 aliphatic heterocycles. The van der Waals surface area contributed by atoms with Gasteiger partial charge in [-0.25, -0.2) is 0 Å². The maximum absolute atomic E-state index is 11.9. The highest BCUT2D eigenvalue weighted by molar-refractivity contribution is 9.10. The maximum atomic E-state index is 11.9. The van der Waals surface area contributed by atoms with Crippen LogP contribution >= 0.6 is 27.3 Å². The molecule has 1 N–H and O–H groups in total. The van der Waals surface area contributed by atoms with Crippen molar-refractivity contribution in [3.05, 3.63) is 56.7 Å². The van der Waals surface area contributed by atoms with Crippen LogP contribution in [0.25, 0.3) is 6.08 Å². The summed E-state index contributed by atoms with van der Waals surface area (Å²) in [6.07, 6.45) is 3.37. The molecule has 1 heterocycles. The number of thiophene rings is 1. The molecule has 1 aromatic carbocycles. The van der Waals surface area contributed by atoms with E-state index in [1.165, 1.54) is 0 Å². The first kappa shape index (κ1) is 15.8. The minimum Gasteiger partial charge on any atom is -0.496 e. The average molecular weight is 366 g/mol. The van der Waals surface area contributed by atoms with Gasteiger partial charge in [-0.15, -0.1) is 11.3 Å². The molecule has 1 amide bonds. The van der Waals surface area contributed by atoms with Gasteiger partial charge in [0.25, 0.3) is 0 Å². The molecule has 0 aliphatic rings. The van der Waals surface area contributed by atoms with Crippen molar-refractivity contribution in [2.24, 2.45) is 0 Å². The van der Waals surface area contributed by atoms with Crippen molar-refractivity contribution in [1.82, 2.24) is 5.32 Å². The Balaban J connectivity index is 1.99. The normalized spacial score (nSPS) is 12.3. The predicted molar refractivity (Wildman–Crippen MR) is 90.6 cm³/mol. The molecule has 0 fully saturated rings. The van der Waals surface area contributed by atoms with Crippen LogP contribution in [0.4, 0.5) is 0 Å². The van der Waals surface area contributed by atoms with Crippen LogP contribution in [0.5, 0.6) is 5.75 Å². The molecule has 0 spiro atoms. The molecule has 110 valence electrons. The average Bonchev–Trinajstić information content (AvgIpc) is 2.98. The Bertz CT molecular complexity index is 638. The summed E-state index contributed by atoms with van der Waals surface area (Å²) >= 11 is 5.05. The molecule has 2 aromatic rings. The number of methoxy groups -OCH3 is 1. The van der Waals surface area contributed by atoms with Gasteiger partial charge in [0.05, 0.1) is 17.6 Å². The van der Waals surface area contributed by atoms with Gasteiger partial charge in [0.1, 0.15) is 5.75 Å². The second-order valence-corrected chi connectivity index (χ2v) is 6.31. The zero-order chi connectivity index (χ0) is 15.2. The lowest BCUT2D eigenvalue weighted by Crippen LogP contribution is -2.24. The van der Waals surface area contributed by atoms with Gasteiger partial charge in [-0.05, 0) is 58.1 Å². The molecule has 0 unspecified atom stereocenters. The minimum atomic E-state index is -0.108. The SMILES string of the molecule is COc1ccc([C@H](C)NC(=O)/C=C/c2cccs2)cc1Br. The second kappa shape index (κ2) is 7.43. The highest BCUT2D eigenvalue weighted by atomic mass is 79.9. The van der Waals surface area contributed by atoms with E-state index in [2.05, 4.69) is 21.2 Å². The molecule has 3 nitrogen and oxygen atoms in total. The summed E-state index contributed by atoms with van der Waals surface area (Å²) in [7, 11) is 1.63. The summed E-state index contributed by atoms with van der Waals surface area (Å²) in [5, 5.41) is 4.92. The molecule has 1 atom stereocenters. The van der Waals surface area contributed by atoms with Crippen LogP contribution < -0.4 is 10.1 Å². The zero-order valence-corrected chi connectivity index (χ0v) is 14.2. The van der Waals surface area contributed by atoms with Crippen LogP contribution in [0, 0.1) is 0 Å². The lowest BCUT2D eigenvalue weighted by atomic mass is 10.1. The number of carbonyl (C=O) groups is 1. The van der Waals surface area contributed by atoms with Crippen molar-refractivity contribution in [3.63, 3.8) is 0 Å². The van der Waals surface area contributed by atoms with Gasteiger partial charge < -0.3 is 10.1 Å². The first-order valence-corrected chi connectivity index (χ1v) is 8.13. The largest absolute Gasteiger partial charge is 0.496 e. The molecule has 5 heteroatoms. The standard InChI is InChI=1S/C16H16BrNO2S/c1-11(12-5-7-15(20-2)14(17)10-12)18-16(19)8-6-13-4-3-9-21-13/h3-11H,1-2H3,(H,18,19)/b8-6+/t11-/m0/s1. The molecule has 0 aliphatic carbocycles. The van der Waals surface area contributed by atoms with Crippen LogP contribution in [0.1, 0.15) is 23.4 Å². The fourth-order valence-corrected chi connectivity index (χ4v) is 3.02. The Hall–Kier alpha value is -1.59. The molecule has 1 aromatic heterocycles. The summed E-state index contributed by atoms with van der Waals surface area (Å²) in [6, 6.07) is 9.62. The van der Waals surface area contributed by atoms with Crippen LogP contribution in [0.2, 0.25) is 0 Å². The van der Waals surface area contributed by atoms with E-state index in [0.29, 0.717) is 0 Å². The first-order valence-electron chi connectivity index (χ1n) is 6.45. The number of rotatable bonds is 5. The Morgan fingerprint density at radius 1 is 1.43 bits per heavy atom. The lowest BCUT2D eigenvalue weighted by molar-refractivity contribution is -0.117. The molecule has 2 rings (SSSR count). The Kier molecular flexibility index (Phi) is 5.59. The van der Waals surface area contributed by atoms with Crippen molar-refractivity contribution in [1.29, 1.82) is 0 Å². The van der Waals surface area contributed by atoms with E-state index in [4.69, 9.17) is 4.74 Å². The van der Waals surface area contributed by atoms with Gasteiger partial charge in [0.15, 0.2) is 0 Å². The maximum Gasteiger partial charge on any atom is 0.244 e. The van der Waals surface area contributed by atoms with Gasteiger partial charge in [-0.2, -0.15) is 0 Å². The van der Waals surface area contributed by atoms with Crippen LogP contribution in [-0.2, 0) is 4.79 Å². The summed E-state index contributed by atoms with van der Waals surface area (Å²) in [5.74, 6) is 0.665. The van der Waals surface area contributed by atoms with Crippen molar-refractivity contribution < 1.29 is 9.53 Å². The second-order valence-electron chi connectivity index (χ2n) is 4.47. The molecule has 21 heavy (non-hydrogen) atoms. The van der Waals surface area contributed by atoms with E-state index in [1.807, 2.05) is 48.7 Å². The van der Waals surface area contributed by atoms with Crippen LogP contribution in [0.3, 0.4) is 0 Å². The molecular formula is C16H16BrNO2S. The van der Waals surface area contributed by atoms with Crippen molar-refractivity contribution in [2.45, 2.75) is 13.0 Å². The van der Waals surface area contributed by atoms with E-state index in [1.54, 1.807) is 24.5 Å². The van der Waals surface area contributed by atoms with Crippen molar-refractivity contribution in [3.8, 4) is 5.75 Å². The highest BCUT2D eigenvalue weighted by Gasteiger charge is 2.10. The van der Waals surface area contributed by atoms with Gasteiger partial charge in [-0.1, -0.05) is 12.1 Å². The van der Waals surface area contributed by atoms with Crippen molar-refractivity contribution in [2.75, 3.05) is 7.11 Å². The van der Waals surface area contributed by atoms with Gasteiger partial charge in [-0.3, -0.25) is 4.79 Å². The fourth-order valence-electron chi connectivity index (χ4n) is 1.84. The summed E-state index contributed by atoms with van der Waals surface area (Å²) in [6.45, 7) is 1.95. The Morgan fingerprint density at radius 2 is 2.24 bits per heavy atom. The fraction of sp³-hybridized carbons (Fsp3) is 0.188. The minimum absolute atomic E-state index is 0.0762. The van der Waals surface area contributed by atoms with Crippen LogP contribution in [-0.4, -0.2) is 13.0 Å². The number of nitrogens with one attached hydrogen (secondary N) is 1. The zero-order valence-electron chi connectivity index (χ0n) is 11.8. The van der Waals surface area contributed by atoms with E-state index >= 15 is 0 Å². The number of amides is 1. The summed E-state index contributed by atoms with van der Waals surface area (Å²) in [4.78, 5) is 13.0. The smallest absolute Gasteiger partial charge is 0.244 e. The number of carbonyl (C=O) groups excluding carboxylic acids is 1. The molecule has 0 saturated heterocycles. The third-order valence-corrected chi connectivity index (χ3v) is 4.43. The molecule has 0 radical (unpaired) electrons. The quantitative estimate of drug-likeness (QED) is 0.796. The Labute approximate surface area is 136 Å². The third kappa shape index (κ3) is 4.44. The van der Waals surface area contributed by atoms with Gasteiger partial charge in [0, 0.05) is 11.0 Å². The predicted octanol–water partition coefficient (Wildman–Crippen LogP) is 4.41. The van der Waals surface area contributed by atoms with Crippen molar-refractivity contribution >= 4 is 39.2 Å². The van der Waals surface area contributed by atoms with Gasteiger partial charge >= 0.3 is 0 Å². The lowest BCUT2D eigenvalue weighted by Gasteiger charge is -2.14. The molecular weight excluding hydrogens is 350 g/mol. The van der Waals surface area contributed by atoms with E-state index in [9.17, 15) is 4.79 Å². The van der Waals surface area contributed by atoms with Crippen LogP contribution in [0.15, 0.2) is 46.3 Å². The number of hydrogen-bond donors (Lipinski definition) is 1. The summed E-state index contributed by atoms with van der Waals surface area (Å²) < 4.78 is 6.07.